The third-order valence-corrected chi connectivity index (χ3v) is 5.80. The van der Waals surface area contributed by atoms with Gasteiger partial charge in [-0.1, -0.05) is 30.3 Å². The maximum atomic E-state index is 13.1. The third kappa shape index (κ3) is 5.86. The van der Waals surface area contributed by atoms with E-state index in [4.69, 9.17) is 0 Å². The summed E-state index contributed by atoms with van der Waals surface area (Å²) in [4.78, 5) is 28.4. The Morgan fingerprint density at radius 1 is 1.09 bits per heavy atom. The molecule has 3 rings (SSSR count). The normalized spacial score (nSPS) is 11.6. The Hall–Kier alpha value is -3.83. The number of sulfonamides is 1. The number of benzene rings is 2. The van der Waals surface area contributed by atoms with Crippen LogP contribution in [0.5, 0.6) is 0 Å². The van der Waals surface area contributed by atoms with Crippen LogP contribution in [-0.2, 0) is 14.8 Å². The molecule has 1 heterocycles. The van der Waals surface area contributed by atoms with Crippen LogP contribution in [0.3, 0.4) is 0 Å². The number of amides is 2. The summed E-state index contributed by atoms with van der Waals surface area (Å²) in [5.74, 6) is -1.86. The molecule has 0 bridgehead atoms. The van der Waals surface area contributed by atoms with Crippen LogP contribution in [0.1, 0.15) is 16.1 Å². The number of carbonyl (C=O) groups is 2. The van der Waals surface area contributed by atoms with Crippen molar-refractivity contribution in [3.05, 3.63) is 89.6 Å². The molecule has 0 saturated heterocycles. The Balaban J connectivity index is 1.57. The number of imidazole rings is 1. The summed E-state index contributed by atoms with van der Waals surface area (Å²) in [6.45, 7) is -0.515. The first-order chi connectivity index (χ1) is 15.3. The number of nitrogens with one attached hydrogen (secondary N) is 2. The molecule has 0 radical (unpaired) electrons. The van der Waals surface area contributed by atoms with E-state index in [9.17, 15) is 22.4 Å². The summed E-state index contributed by atoms with van der Waals surface area (Å²) in [7, 11) is -2.60. The summed E-state index contributed by atoms with van der Waals surface area (Å²) < 4.78 is 40.0. The Kier molecular flexibility index (Phi) is 7.13. The van der Waals surface area contributed by atoms with E-state index in [1.54, 1.807) is 24.3 Å². The lowest BCUT2D eigenvalue weighted by Gasteiger charge is -2.15. The van der Waals surface area contributed by atoms with Crippen LogP contribution in [0, 0.1) is 5.82 Å². The van der Waals surface area contributed by atoms with E-state index in [0.29, 0.717) is 11.3 Å². The summed E-state index contributed by atoms with van der Waals surface area (Å²) >= 11 is 0. The van der Waals surface area contributed by atoms with E-state index in [0.717, 1.165) is 9.71 Å². The fourth-order valence-corrected chi connectivity index (χ4v) is 3.46. The van der Waals surface area contributed by atoms with Gasteiger partial charge in [0.05, 0.1) is 19.1 Å². The molecule has 11 heteroatoms. The molecule has 0 atom stereocenters. The lowest BCUT2D eigenvalue weighted by atomic mass is 10.2. The van der Waals surface area contributed by atoms with Crippen LogP contribution in [0.2, 0.25) is 0 Å². The number of nitrogens with zero attached hydrogens (tertiary/aromatic N) is 3. The molecule has 9 nitrogen and oxygen atoms in total. The summed E-state index contributed by atoms with van der Waals surface area (Å²) in [6, 6.07) is 14.2. The zero-order valence-electron chi connectivity index (χ0n) is 17.0. The molecule has 0 spiro atoms. The molecule has 32 heavy (non-hydrogen) atoms. The highest BCUT2D eigenvalue weighted by Crippen LogP contribution is 2.12. The van der Waals surface area contributed by atoms with Crippen molar-refractivity contribution in [2.45, 2.75) is 0 Å². The van der Waals surface area contributed by atoms with Crippen LogP contribution in [0.4, 0.5) is 4.39 Å². The van der Waals surface area contributed by atoms with Crippen molar-refractivity contribution in [1.29, 1.82) is 0 Å². The number of aromatic nitrogens is 2. The van der Waals surface area contributed by atoms with E-state index in [1.165, 1.54) is 54.5 Å². The molecule has 0 aliphatic carbocycles. The number of rotatable bonds is 7. The van der Waals surface area contributed by atoms with Crippen molar-refractivity contribution in [3.8, 4) is 5.69 Å². The second-order valence-corrected chi connectivity index (χ2v) is 8.57. The molecule has 1 aromatic heterocycles. The van der Waals surface area contributed by atoms with Gasteiger partial charge in [0.1, 0.15) is 11.5 Å². The minimum Gasteiger partial charge on any atom is -0.295 e. The average Bonchev–Trinajstić information content (AvgIpc) is 3.27. The second-order valence-electron chi connectivity index (χ2n) is 6.64. The van der Waals surface area contributed by atoms with Gasteiger partial charge in [-0.3, -0.25) is 25.0 Å². The van der Waals surface area contributed by atoms with Crippen molar-refractivity contribution in [2.24, 2.45) is 0 Å². The lowest BCUT2D eigenvalue weighted by molar-refractivity contribution is -0.121. The minimum atomic E-state index is -3.85. The van der Waals surface area contributed by atoms with Gasteiger partial charge in [-0.2, -0.15) is 4.31 Å². The summed E-state index contributed by atoms with van der Waals surface area (Å²) in [5.41, 5.74) is 5.65. The van der Waals surface area contributed by atoms with Gasteiger partial charge in [-0.05, 0) is 35.9 Å². The molecular formula is C21H20FN5O4S. The van der Waals surface area contributed by atoms with E-state index in [1.807, 2.05) is 6.07 Å². The number of hydrogen-bond acceptors (Lipinski definition) is 5. The number of hydrogen-bond donors (Lipinski definition) is 2. The molecule has 0 aliphatic heterocycles. The topological polar surface area (TPSA) is 113 Å². The molecule has 3 aromatic rings. The minimum absolute atomic E-state index is 0.0867. The highest BCUT2D eigenvalue weighted by atomic mass is 32.2. The zero-order valence-corrected chi connectivity index (χ0v) is 17.8. The number of likely N-dealkylation sites (N-methyl/N-ethyl adjacent to an activating group) is 1. The highest BCUT2D eigenvalue weighted by molar-refractivity contribution is 7.92. The smallest absolute Gasteiger partial charge is 0.288 e. The van der Waals surface area contributed by atoms with Crippen LogP contribution >= 0.6 is 0 Å². The predicted molar refractivity (Wildman–Crippen MR) is 116 cm³/mol. The molecular weight excluding hydrogens is 437 g/mol. The van der Waals surface area contributed by atoms with Crippen LogP contribution in [0.15, 0.2) is 72.5 Å². The third-order valence-electron chi connectivity index (χ3n) is 4.32. The van der Waals surface area contributed by atoms with Crippen molar-refractivity contribution >= 4 is 27.9 Å². The molecule has 2 N–H and O–H groups in total. The monoisotopic (exact) mass is 457 g/mol. The van der Waals surface area contributed by atoms with Gasteiger partial charge >= 0.3 is 0 Å². The van der Waals surface area contributed by atoms with Crippen molar-refractivity contribution in [2.75, 3.05) is 13.6 Å². The first kappa shape index (κ1) is 22.8. The zero-order chi connectivity index (χ0) is 23.1. The fourth-order valence-electron chi connectivity index (χ4n) is 2.63. The maximum Gasteiger partial charge on any atom is 0.288 e. The maximum absolute atomic E-state index is 13.1. The van der Waals surface area contributed by atoms with Gasteiger partial charge in [-0.15, -0.1) is 0 Å². The SMILES string of the molecule is CN(CC(=O)NNC(=O)c1cncn1-c1ccc(F)cc1)S(=O)(=O)C=Cc1ccccc1. The standard InChI is InChI=1S/C21H20FN5O4S/c1-26(32(30,31)12-11-16-5-3-2-4-6-16)14-20(28)24-25-21(29)19-13-23-15-27(19)18-9-7-17(22)8-10-18/h2-13,15H,14H2,1H3,(H,24,28)(H,25,29). The van der Waals surface area contributed by atoms with E-state index >= 15 is 0 Å². The molecule has 0 aliphatic rings. The quantitative estimate of drug-likeness (QED) is 0.525. The highest BCUT2D eigenvalue weighted by Gasteiger charge is 2.19. The fraction of sp³-hybridized carbons (Fsp3) is 0.0952. The van der Waals surface area contributed by atoms with E-state index < -0.39 is 34.2 Å². The Bertz CT molecular complexity index is 1220. The van der Waals surface area contributed by atoms with Crippen LogP contribution in [-0.4, -0.2) is 47.7 Å². The Labute approximate surface area is 184 Å². The largest absolute Gasteiger partial charge is 0.295 e. The molecule has 0 unspecified atom stereocenters. The van der Waals surface area contributed by atoms with Crippen molar-refractivity contribution in [3.63, 3.8) is 0 Å². The molecule has 166 valence electrons. The molecule has 2 amide bonds. The predicted octanol–water partition coefficient (Wildman–Crippen LogP) is 1.70. The lowest BCUT2D eigenvalue weighted by Crippen LogP contribution is -2.46. The average molecular weight is 457 g/mol. The summed E-state index contributed by atoms with van der Waals surface area (Å²) in [5, 5.41) is 0.995. The van der Waals surface area contributed by atoms with Gasteiger partial charge in [0.15, 0.2) is 0 Å². The van der Waals surface area contributed by atoms with Crippen LogP contribution in [0.25, 0.3) is 11.8 Å². The molecule has 0 fully saturated rings. The summed E-state index contributed by atoms with van der Waals surface area (Å²) in [6.07, 6.45) is 4.06. The number of hydrazine groups is 1. The van der Waals surface area contributed by atoms with Crippen LogP contribution < -0.4 is 10.9 Å². The van der Waals surface area contributed by atoms with E-state index in [-0.39, 0.29) is 5.69 Å². The van der Waals surface area contributed by atoms with Crippen molar-refractivity contribution in [1.82, 2.24) is 24.7 Å². The second kappa shape index (κ2) is 9.98. The van der Waals surface area contributed by atoms with Gasteiger partial charge < -0.3 is 0 Å². The Morgan fingerprint density at radius 3 is 2.47 bits per heavy atom. The Morgan fingerprint density at radius 2 is 1.78 bits per heavy atom. The van der Waals surface area contributed by atoms with Gasteiger partial charge in [-0.25, -0.2) is 17.8 Å². The number of halogens is 1. The first-order valence-corrected chi connectivity index (χ1v) is 10.8. The number of carbonyl (C=O) groups excluding carboxylic acids is 2. The van der Waals surface area contributed by atoms with Gasteiger partial charge in [0.2, 0.25) is 10.0 Å². The molecule has 2 aromatic carbocycles. The first-order valence-electron chi connectivity index (χ1n) is 9.33. The van der Waals surface area contributed by atoms with Gasteiger partial charge in [0, 0.05) is 18.1 Å². The van der Waals surface area contributed by atoms with E-state index in [2.05, 4.69) is 15.8 Å². The van der Waals surface area contributed by atoms with Gasteiger partial charge in [0.25, 0.3) is 11.8 Å². The van der Waals surface area contributed by atoms with Crippen molar-refractivity contribution < 1.29 is 22.4 Å². The molecule has 0 saturated carbocycles.